The molecule has 1 N–H and O–H groups in total. The number of hydrogen-bond acceptors (Lipinski definition) is 7. The van der Waals surface area contributed by atoms with E-state index in [-0.39, 0.29) is 17.3 Å². The average Bonchev–Trinajstić information content (AvgIpc) is 3.42. The second kappa shape index (κ2) is 11.9. The quantitative estimate of drug-likeness (QED) is 0.370. The van der Waals surface area contributed by atoms with E-state index in [2.05, 4.69) is 5.32 Å². The van der Waals surface area contributed by atoms with Crippen molar-refractivity contribution in [3.63, 3.8) is 0 Å². The van der Waals surface area contributed by atoms with Crippen molar-refractivity contribution in [3.8, 4) is 11.1 Å². The molecule has 0 aromatic heterocycles. The molecule has 1 aliphatic carbocycles. The van der Waals surface area contributed by atoms with Crippen molar-refractivity contribution in [3.05, 3.63) is 90.2 Å². The molecule has 9 heteroatoms. The standard InChI is InChI=1S/C29H30FNO6S/c1-36-27(32)19-26(31-29(17-5-6-18-29)28(33)37-20-21-7-3-2-4-8-21)38(34,35)25-15-11-23(12-16-25)22-9-13-24(30)14-10-22/h2-4,7-16,26,31H,5-6,17-20H2,1H3. The van der Waals surface area contributed by atoms with Crippen LogP contribution >= 0.6 is 0 Å². The number of halogens is 1. The zero-order chi connectivity index (χ0) is 27.2. The van der Waals surface area contributed by atoms with Gasteiger partial charge >= 0.3 is 11.9 Å². The fourth-order valence-electron chi connectivity index (χ4n) is 4.67. The third-order valence-electron chi connectivity index (χ3n) is 6.81. The lowest BCUT2D eigenvalue weighted by atomic mass is 9.97. The molecule has 200 valence electrons. The summed E-state index contributed by atoms with van der Waals surface area (Å²) >= 11 is 0. The number of ether oxygens (including phenoxy) is 2. The molecule has 0 heterocycles. The molecule has 0 spiro atoms. The van der Waals surface area contributed by atoms with E-state index in [1.165, 1.54) is 31.4 Å². The minimum Gasteiger partial charge on any atom is -0.469 e. The van der Waals surface area contributed by atoms with Gasteiger partial charge in [-0.15, -0.1) is 0 Å². The molecular formula is C29H30FNO6S. The number of rotatable bonds is 10. The number of benzene rings is 3. The molecule has 38 heavy (non-hydrogen) atoms. The van der Waals surface area contributed by atoms with Gasteiger partial charge in [0.05, 0.1) is 18.4 Å². The van der Waals surface area contributed by atoms with Crippen molar-refractivity contribution in [2.45, 2.75) is 54.5 Å². The molecule has 1 unspecified atom stereocenters. The van der Waals surface area contributed by atoms with Crippen LogP contribution in [0.25, 0.3) is 11.1 Å². The van der Waals surface area contributed by atoms with Crippen LogP contribution < -0.4 is 5.32 Å². The second-order valence-corrected chi connectivity index (χ2v) is 11.5. The summed E-state index contributed by atoms with van der Waals surface area (Å²) in [6.07, 6.45) is 1.72. The maximum Gasteiger partial charge on any atom is 0.326 e. The van der Waals surface area contributed by atoms with E-state index in [0.29, 0.717) is 31.2 Å². The molecule has 4 rings (SSSR count). The van der Waals surface area contributed by atoms with Gasteiger partial charge in [-0.2, -0.15) is 0 Å². The molecule has 0 bridgehead atoms. The highest BCUT2D eigenvalue weighted by Gasteiger charge is 2.47. The summed E-state index contributed by atoms with van der Waals surface area (Å²) in [7, 11) is -2.93. The Kier molecular flexibility index (Phi) is 8.58. The van der Waals surface area contributed by atoms with Crippen molar-refractivity contribution < 1.29 is 31.9 Å². The van der Waals surface area contributed by atoms with Gasteiger partial charge in [0, 0.05) is 0 Å². The van der Waals surface area contributed by atoms with Gasteiger partial charge < -0.3 is 9.47 Å². The third kappa shape index (κ3) is 6.28. The van der Waals surface area contributed by atoms with E-state index in [0.717, 1.165) is 11.1 Å². The van der Waals surface area contributed by atoms with E-state index in [1.807, 2.05) is 30.3 Å². The Hall–Kier alpha value is -3.56. The van der Waals surface area contributed by atoms with E-state index in [1.54, 1.807) is 24.3 Å². The minimum atomic E-state index is -4.12. The highest BCUT2D eigenvalue weighted by molar-refractivity contribution is 7.92. The summed E-state index contributed by atoms with van der Waals surface area (Å²) in [5.41, 5.74) is 1.01. The number of hydrogen-bond donors (Lipinski definition) is 1. The maximum atomic E-state index is 13.7. The van der Waals surface area contributed by atoms with Crippen LogP contribution in [0.2, 0.25) is 0 Å². The van der Waals surface area contributed by atoms with Crippen molar-refractivity contribution in [2.75, 3.05) is 7.11 Å². The van der Waals surface area contributed by atoms with Crippen LogP contribution in [0.4, 0.5) is 4.39 Å². The monoisotopic (exact) mass is 539 g/mol. The Labute approximate surface area is 221 Å². The lowest BCUT2D eigenvalue weighted by Crippen LogP contribution is -2.57. The Morgan fingerprint density at radius 2 is 1.50 bits per heavy atom. The first-order valence-electron chi connectivity index (χ1n) is 12.4. The van der Waals surface area contributed by atoms with Crippen molar-refractivity contribution in [2.24, 2.45) is 0 Å². The van der Waals surface area contributed by atoms with Gasteiger partial charge in [-0.25, -0.2) is 12.8 Å². The summed E-state index contributed by atoms with van der Waals surface area (Å²) in [6, 6.07) is 21.2. The zero-order valence-corrected chi connectivity index (χ0v) is 21.9. The Morgan fingerprint density at radius 3 is 2.08 bits per heavy atom. The first kappa shape index (κ1) is 27.5. The summed E-state index contributed by atoms with van der Waals surface area (Å²) in [4.78, 5) is 25.5. The molecule has 7 nitrogen and oxygen atoms in total. The number of carbonyl (C=O) groups excluding carboxylic acids is 2. The summed E-state index contributed by atoms with van der Waals surface area (Å²) in [6.45, 7) is 0.0579. The molecule has 1 saturated carbocycles. The summed E-state index contributed by atoms with van der Waals surface area (Å²) in [5, 5.41) is 1.61. The van der Waals surface area contributed by atoms with Crippen LogP contribution in [0.1, 0.15) is 37.7 Å². The molecule has 0 radical (unpaired) electrons. The number of esters is 2. The second-order valence-electron chi connectivity index (χ2n) is 9.34. The number of carbonyl (C=O) groups is 2. The van der Waals surface area contributed by atoms with E-state index >= 15 is 0 Å². The average molecular weight is 540 g/mol. The van der Waals surface area contributed by atoms with E-state index in [9.17, 15) is 22.4 Å². The molecule has 3 aromatic rings. The van der Waals surface area contributed by atoms with Gasteiger partial charge in [0.1, 0.15) is 23.3 Å². The van der Waals surface area contributed by atoms with Gasteiger partial charge in [-0.3, -0.25) is 14.9 Å². The zero-order valence-electron chi connectivity index (χ0n) is 21.1. The van der Waals surface area contributed by atoms with Gasteiger partial charge in [0.2, 0.25) is 0 Å². The molecule has 1 atom stereocenters. The summed E-state index contributed by atoms with van der Waals surface area (Å²) in [5.74, 6) is -1.64. The number of methoxy groups -OCH3 is 1. The number of nitrogens with one attached hydrogen (secondary N) is 1. The lowest BCUT2D eigenvalue weighted by molar-refractivity contribution is -0.153. The molecule has 0 saturated heterocycles. The first-order valence-corrected chi connectivity index (χ1v) is 13.9. The third-order valence-corrected chi connectivity index (χ3v) is 8.78. The van der Waals surface area contributed by atoms with Crippen molar-refractivity contribution in [1.82, 2.24) is 5.32 Å². The van der Waals surface area contributed by atoms with Crippen LogP contribution in [0.3, 0.4) is 0 Å². The van der Waals surface area contributed by atoms with E-state index in [4.69, 9.17) is 9.47 Å². The fraction of sp³-hybridized carbons (Fsp3) is 0.310. The molecule has 0 aliphatic heterocycles. The van der Waals surface area contributed by atoms with Crippen LogP contribution in [0.5, 0.6) is 0 Å². The summed E-state index contributed by atoms with van der Waals surface area (Å²) < 4.78 is 51.1. The molecule has 1 aliphatic rings. The smallest absolute Gasteiger partial charge is 0.326 e. The van der Waals surface area contributed by atoms with Gasteiger partial charge in [-0.05, 0) is 53.8 Å². The largest absolute Gasteiger partial charge is 0.469 e. The van der Waals surface area contributed by atoms with Crippen molar-refractivity contribution >= 4 is 21.8 Å². The molecule has 0 amide bonds. The van der Waals surface area contributed by atoms with Gasteiger partial charge in [0.25, 0.3) is 0 Å². The SMILES string of the molecule is COC(=O)CC(NC1(C(=O)OCc2ccccc2)CCCC1)S(=O)(=O)c1ccc(-c2ccc(F)cc2)cc1. The Morgan fingerprint density at radius 1 is 0.921 bits per heavy atom. The fourth-order valence-corrected chi connectivity index (χ4v) is 6.25. The van der Waals surface area contributed by atoms with Gasteiger partial charge in [-0.1, -0.05) is 67.4 Å². The highest BCUT2D eigenvalue weighted by Crippen LogP contribution is 2.34. The predicted molar refractivity (Wildman–Crippen MR) is 140 cm³/mol. The van der Waals surface area contributed by atoms with Crippen LogP contribution in [0.15, 0.2) is 83.8 Å². The topological polar surface area (TPSA) is 98.8 Å². The minimum absolute atomic E-state index is 0.0180. The van der Waals surface area contributed by atoms with Crippen LogP contribution in [0, 0.1) is 5.82 Å². The van der Waals surface area contributed by atoms with E-state index < -0.39 is 39.1 Å². The number of sulfone groups is 1. The van der Waals surface area contributed by atoms with Crippen LogP contribution in [-0.4, -0.2) is 38.4 Å². The molecule has 3 aromatic carbocycles. The van der Waals surface area contributed by atoms with Gasteiger partial charge in [0.15, 0.2) is 9.84 Å². The highest BCUT2D eigenvalue weighted by atomic mass is 32.2. The Bertz CT molecular complexity index is 1350. The van der Waals surface area contributed by atoms with Crippen molar-refractivity contribution in [1.29, 1.82) is 0 Å². The first-order chi connectivity index (χ1) is 18.2. The predicted octanol–water partition coefficient (Wildman–Crippen LogP) is 4.80. The Balaban J connectivity index is 1.59. The molecular weight excluding hydrogens is 509 g/mol. The normalized spacial score (nSPS) is 15.5. The maximum absolute atomic E-state index is 13.7. The van der Waals surface area contributed by atoms with Crippen LogP contribution in [-0.2, 0) is 35.5 Å². The molecule has 1 fully saturated rings. The lowest BCUT2D eigenvalue weighted by Gasteiger charge is -2.32.